The van der Waals surface area contributed by atoms with Crippen LogP contribution in [0.25, 0.3) is 10.9 Å². The molecule has 0 saturated carbocycles. The van der Waals surface area contributed by atoms with Crippen LogP contribution in [0.4, 0.5) is 0 Å². The van der Waals surface area contributed by atoms with Crippen molar-refractivity contribution in [1.82, 2.24) is 10.3 Å². The monoisotopic (exact) mass is 378 g/mol. The number of ketones is 1. The molecule has 1 unspecified atom stereocenters. The highest BCUT2D eigenvalue weighted by molar-refractivity contribution is 6.31. The molecule has 5 heteroatoms. The van der Waals surface area contributed by atoms with E-state index in [9.17, 15) is 9.59 Å². The number of halogens is 1. The Hall–Kier alpha value is -2.85. The number of rotatable bonds is 4. The Morgan fingerprint density at radius 3 is 2.63 bits per heavy atom. The molecule has 1 aliphatic rings. The van der Waals surface area contributed by atoms with Gasteiger partial charge in [0.15, 0.2) is 0 Å². The zero-order chi connectivity index (χ0) is 18.8. The van der Waals surface area contributed by atoms with E-state index >= 15 is 0 Å². The van der Waals surface area contributed by atoms with Crippen molar-refractivity contribution in [1.29, 1.82) is 0 Å². The Morgan fingerprint density at radius 1 is 1.07 bits per heavy atom. The van der Waals surface area contributed by atoms with Crippen LogP contribution in [-0.4, -0.2) is 22.7 Å². The molecular formula is C22H19ClN2O2. The van der Waals surface area contributed by atoms with Crippen molar-refractivity contribution in [3.8, 4) is 0 Å². The third-order valence-corrected chi connectivity index (χ3v) is 5.09. The first-order valence-corrected chi connectivity index (χ1v) is 9.38. The zero-order valence-corrected chi connectivity index (χ0v) is 15.4. The molecule has 1 heterocycles. The predicted octanol–water partition coefficient (Wildman–Crippen LogP) is 4.89. The topological polar surface area (TPSA) is 62.0 Å². The Bertz CT molecular complexity index is 1040. The van der Waals surface area contributed by atoms with Gasteiger partial charge in [-0.1, -0.05) is 60.2 Å². The second-order valence-corrected chi connectivity index (χ2v) is 7.15. The van der Waals surface area contributed by atoms with Gasteiger partial charge in [0.1, 0.15) is 5.69 Å². The maximum absolute atomic E-state index is 13.1. The number of carbonyl (C=O) groups excluding carboxylic acids is 2. The van der Waals surface area contributed by atoms with Gasteiger partial charge in [-0.15, -0.1) is 0 Å². The van der Waals surface area contributed by atoms with Crippen LogP contribution in [0, 0.1) is 0 Å². The quantitative estimate of drug-likeness (QED) is 0.501. The standard InChI is InChI=1S/C22H19ClN2O2/c23-15-11-12-17-18(13-15)25-20(21(26)14-7-3-1-4-8-14)19(17)22(27)24-16-9-5-2-6-10-16/h1-5,7-8,11-13,16,25H,6,9-10H2,(H,24,27). The highest BCUT2D eigenvalue weighted by Gasteiger charge is 2.25. The van der Waals surface area contributed by atoms with Crippen LogP contribution in [0.3, 0.4) is 0 Å². The maximum Gasteiger partial charge on any atom is 0.254 e. The molecule has 1 amide bonds. The lowest BCUT2D eigenvalue weighted by Gasteiger charge is -2.19. The van der Waals surface area contributed by atoms with Crippen LogP contribution in [0.1, 0.15) is 45.7 Å². The van der Waals surface area contributed by atoms with Gasteiger partial charge in [-0.25, -0.2) is 0 Å². The Morgan fingerprint density at radius 2 is 1.89 bits per heavy atom. The summed E-state index contributed by atoms with van der Waals surface area (Å²) in [5, 5.41) is 4.32. The summed E-state index contributed by atoms with van der Waals surface area (Å²) < 4.78 is 0. The fourth-order valence-corrected chi connectivity index (χ4v) is 3.66. The number of nitrogens with one attached hydrogen (secondary N) is 2. The summed E-state index contributed by atoms with van der Waals surface area (Å²) >= 11 is 6.10. The number of amides is 1. The fraction of sp³-hybridized carbons (Fsp3) is 0.182. The van der Waals surface area contributed by atoms with Crippen molar-refractivity contribution in [2.45, 2.75) is 25.3 Å². The van der Waals surface area contributed by atoms with E-state index in [4.69, 9.17) is 11.6 Å². The van der Waals surface area contributed by atoms with E-state index < -0.39 is 0 Å². The van der Waals surface area contributed by atoms with Crippen LogP contribution >= 0.6 is 11.6 Å². The van der Waals surface area contributed by atoms with Gasteiger partial charge in [0.05, 0.1) is 5.56 Å². The van der Waals surface area contributed by atoms with Gasteiger partial charge >= 0.3 is 0 Å². The predicted molar refractivity (Wildman–Crippen MR) is 107 cm³/mol. The molecule has 2 aromatic carbocycles. The van der Waals surface area contributed by atoms with Gasteiger partial charge in [0.2, 0.25) is 5.78 Å². The highest BCUT2D eigenvalue weighted by Crippen LogP contribution is 2.27. The molecule has 0 radical (unpaired) electrons. The Kier molecular flexibility index (Phi) is 4.82. The molecule has 3 aromatic rings. The number of aromatic amines is 1. The fourth-order valence-electron chi connectivity index (χ4n) is 3.49. The molecule has 0 saturated heterocycles. The normalized spacial score (nSPS) is 16.4. The molecule has 0 bridgehead atoms. The summed E-state index contributed by atoms with van der Waals surface area (Å²) in [6, 6.07) is 14.3. The van der Waals surface area contributed by atoms with Crippen LogP contribution < -0.4 is 5.32 Å². The van der Waals surface area contributed by atoms with E-state index in [0.717, 1.165) is 19.3 Å². The molecule has 27 heavy (non-hydrogen) atoms. The lowest BCUT2D eigenvalue weighted by molar-refractivity contribution is 0.0926. The summed E-state index contributed by atoms with van der Waals surface area (Å²) in [7, 11) is 0. The van der Waals surface area contributed by atoms with Gasteiger partial charge in [-0.05, 0) is 31.4 Å². The summed E-state index contributed by atoms with van der Waals surface area (Å²) in [6.07, 6.45) is 6.87. The minimum Gasteiger partial charge on any atom is -0.351 e. The third-order valence-electron chi connectivity index (χ3n) is 4.86. The average Bonchev–Trinajstić information content (AvgIpc) is 3.07. The van der Waals surface area contributed by atoms with Gasteiger partial charge in [0.25, 0.3) is 5.91 Å². The van der Waals surface area contributed by atoms with E-state index in [1.54, 1.807) is 42.5 Å². The van der Waals surface area contributed by atoms with Crippen molar-refractivity contribution in [3.63, 3.8) is 0 Å². The van der Waals surface area contributed by atoms with Crippen molar-refractivity contribution in [2.24, 2.45) is 0 Å². The number of H-pyrrole nitrogens is 1. The minimum absolute atomic E-state index is 0.0828. The molecule has 1 aromatic heterocycles. The van der Waals surface area contributed by atoms with Crippen molar-refractivity contribution >= 4 is 34.2 Å². The lowest BCUT2D eigenvalue weighted by Crippen LogP contribution is -2.36. The molecule has 0 fully saturated rings. The first-order chi connectivity index (χ1) is 13.1. The zero-order valence-electron chi connectivity index (χ0n) is 14.7. The maximum atomic E-state index is 13.1. The minimum atomic E-state index is -0.233. The van der Waals surface area contributed by atoms with E-state index in [-0.39, 0.29) is 17.7 Å². The molecule has 1 atom stereocenters. The number of hydrogen-bond donors (Lipinski definition) is 2. The molecule has 2 N–H and O–H groups in total. The molecule has 136 valence electrons. The second kappa shape index (κ2) is 7.41. The third kappa shape index (κ3) is 3.53. The SMILES string of the molecule is O=C(c1ccccc1)c1[nH]c2cc(Cl)ccc2c1C(=O)NC1CC=CCC1. The van der Waals surface area contributed by atoms with E-state index in [1.165, 1.54) is 0 Å². The molecule has 4 rings (SSSR count). The van der Waals surface area contributed by atoms with Crippen LogP contribution in [0.2, 0.25) is 5.02 Å². The van der Waals surface area contributed by atoms with Crippen molar-refractivity contribution < 1.29 is 9.59 Å². The molecule has 4 nitrogen and oxygen atoms in total. The first kappa shape index (κ1) is 17.6. The van der Waals surface area contributed by atoms with Gasteiger partial charge in [-0.2, -0.15) is 0 Å². The largest absolute Gasteiger partial charge is 0.351 e. The van der Waals surface area contributed by atoms with Gasteiger partial charge in [-0.3, -0.25) is 9.59 Å². The second-order valence-electron chi connectivity index (χ2n) is 6.71. The smallest absolute Gasteiger partial charge is 0.254 e. The van der Waals surface area contributed by atoms with Crippen LogP contribution in [0.5, 0.6) is 0 Å². The van der Waals surface area contributed by atoms with Gasteiger partial charge < -0.3 is 10.3 Å². The summed E-state index contributed by atoms with van der Waals surface area (Å²) in [5.41, 5.74) is 1.88. The number of hydrogen-bond acceptors (Lipinski definition) is 2. The van der Waals surface area contributed by atoms with Crippen LogP contribution in [0.15, 0.2) is 60.7 Å². The first-order valence-electron chi connectivity index (χ1n) is 9.00. The highest BCUT2D eigenvalue weighted by atomic mass is 35.5. The Balaban J connectivity index is 1.78. The summed E-state index contributed by atoms with van der Waals surface area (Å²) in [6.45, 7) is 0. The number of allylic oxidation sites excluding steroid dienone is 1. The molecule has 0 aliphatic heterocycles. The van der Waals surface area contributed by atoms with Crippen LogP contribution in [-0.2, 0) is 0 Å². The van der Waals surface area contributed by atoms with Gasteiger partial charge in [0, 0.05) is 27.5 Å². The molecular weight excluding hydrogens is 360 g/mol. The van der Waals surface area contributed by atoms with E-state index in [0.29, 0.717) is 32.7 Å². The number of aromatic nitrogens is 1. The molecule has 1 aliphatic carbocycles. The Labute approximate surface area is 162 Å². The molecule has 0 spiro atoms. The van der Waals surface area contributed by atoms with Crippen molar-refractivity contribution in [3.05, 3.63) is 82.5 Å². The average molecular weight is 379 g/mol. The summed E-state index contributed by atoms with van der Waals surface area (Å²) in [5.74, 6) is -0.445. The number of benzene rings is 2. The summed E-state index contributed by atoms with van der Waals surface area (Å²) in [4.78, 5) is 29.3. The van der Waals surface area contributed by atoms with E-state index in [2.05, 4.69) is 22.5 Å². The van der Waals surface area contributed by atoms with E-state index in [1.807, 2.05) is 6.07 Å². The lowest BCUT2D eigenvalue weighted by atomic mass is 9.99. The van der Waals surface area contributed by atoms with Crippen molar-refractivity contribution in [2.75, 3.05) is 0 Å². The number of carbonyl (C=O) groups is 2. The number of fused-ring (bicyclic) bond motifs is 1.